The van der Waals surface area contributed by atoms with Crippen molar-refractivity contribution < 1.29 is 9.53 Å². The van der Waals surface area contributed by atoms with Crippen LogP contribution in [0.5, 0.6) is 5.75 Å². The molecule has 0 aliphatic carbocycles. The number of rotatable bonds is 5. The molecular weight excluding hydrogens is 342 g/mol. The molecule has 7 heteroatoms. The number of nitrogens with one attached hydrogen (secondary N) is 2. The van der Waals surface area contributed by atoms with E-state index in [1.165, 1.54) is 6.33 Å². The lowest BCUT2D eigenvalue weighted by atomic mass is 10.1. The van der Waals surface area contributed by atoms with Gasteiger partial charge in [0.2, 0.25) is 0 Å². The fraction of sp³-hybridized carbons (Fsp3) is 0.200. The maximum Gasteiger partial charge on any atom is 0.251 e. The molecule has 3 heterocycles. The topological polar surface area (TPSA) is 89.0 Å². The normalized spacial score (nSPS) is 12.2. The average Bonchev–Trinajstić information content (AvgIpc) is 3.22. The van der Waals surface area contributed by atoms with E-state index in [1.807, 2.05) is 24.3 Å². The number of carbonyl (C=O) groups is 1. The van der Waals surface area contributed by atoms with Crippen LogP contribution in [-0.4, -0.2) is 34.5 Å². The van der Waals surface area contributed by atoms with Crippen LogP contribution in [0.2, 0.25) is 0 Å². The number of nitrogens with zero attached hydrogens (tertiary/aromatic N) is 3. The van der Waals surface area contributed by atoms with Gasteiger partial charge < -0.3 is 15.4 Å². The second-order valence-electron chi connectivity index (χ2n) is 6.15. The van der Waals surface area contributed by atoms with E-state index in [1.54, 1.807) is 25.5 Å². The van der Waals surface area contributed by atoms with Crippen LogP contribution in [0.4, 0.5) is 5.82 Å². The summed E-state index contributed by atoms with van der Waals surface area (Å²) >= 11 is 0. The number of amides is 1. The van der Waals surface area contributed by atoms with Gasteiger partial charge >= 0.3 is 0 Å². The quantitative estimate of drug-likeness (QED) is 0.726. The Morgan fingerprint density at radius 2 is 2.19 bits per heavy atom. The molecule has 1 aromatic carbocycles. The highest BCUT2D eigenvalue weighted by atomic mass is 16.5. The largest absolute Gasteiger partial charge is 0.492 e. The molecule has 27 heavy (non-hydrogen) atoms. The second-order valence-corrected chi connectivity index (χ2v) is 6.15. The molecule has 0 unspecified atom stereocenters. The van der Waals surface area contributed by atoms with Gasteiger partial charge in [0.1, 0.15) is 17.9 Å². The summed E-state index contributed by atoms with van der Waals surface area (Å²) in [6.07, 6.45) is 5.79. The van der Waals surface area contributed by atoms with Crippen molar-refractivity contribution in [2.24, 2.45) is 0 Å². The Balaban J connectivity index is 1.57. The summed E-state index contributed by atoms with van der Waals surface area (Å²) in [6, 6.07) is 9.36. The third kappa shape index (κ3) is 3.44. The van der Waals surface area contributed by atoms with Crippen LogP contribution in [-0.2, 0) is 13.0 Å². The smallest absolute Gasteiger partial charge is 0.251 e. The van der Waals surface area contributed by atoms with Gasteiger partial charge in [0.05, 0.1) is 17.9 Å². The van der Waals surface area contributed by atoms with E-state index in [9.17, 15) is 4.79 Å². The Morgan fingerprint density at radius 1 is 1.26 bits per heavy atom. The average molecular weight is 361 g/mol. The molecule has 0 atom stereocenters. The van der Waals surface area contributed by atoms with E-state index in [-0.39, 0.29) is 5.91 Å². The molecule has 2 N–H and O–H groups in total. The highest BCUT2D eigenvalue weighted by Gasteiger charge is 2.22. The predicted molar refractivity (Wildman–Crippen MR) is 102 cm³/mol. The van der Waals surface area contributed by atoms with Crippen LogP contribution in [0.15, 0.2) is 49.1 Å². The molecule has 1 aliphatic rings. The fourth-order valence-corrected chi connectivity index (χ4v) is 3.13. The van der Waals surface area contributed by atoms with Crippen molar-refractivity contribution in [3.8, 4) is 17.0 Å². The molecule has 0 fully saturated rings. The van der Waals surface area contributed by atoms with Crippen LogP contribution in [0.25, 0.3) is 11.3 Å². The summed E-state index contributed by atoms with van der Waals surface area (Å²) < 4.78 is 5.85. The zero-order valence-corrected chi connectivity index (χ0v) is 14.9. The van der Waals surface area contributed by atoms with Gasteiger partial charge in [-0.2, -0.15) is 0 Å². The molecule has 1 amide bonds. The van der Waals surface area contributed by atoms with Gasteiger partial charge in [-0.1, -0.05) is 12.1 Å². The Bertz CT molecular complexity index is 975. The van der Waals surface area contributed by atoms with Crippen molar-refractivity contribution in [3.05, 3.63) is 65.7 Å². The SMILES string of the molecule is CNC(=O)c1cccc(CNc2ncc(-c3ccncn3)c3c2CCO3)c1. The van der Waals surface area contributed by atoms with Crippen LogP contribution in [0.3, 0.4) is 0 Å². The number of benzene rings is 1. The number of fused-ring (bicyclic) bond motifs is 1. The number of pyridine rings is 1. The molecule has 1 aliphatic heterocycles. The fourth-order valence-electron chi connectivity index (χ4n) is 3.13. The number of anilines is 1. The minimum Gasteiger partial charge on any atom is -0.492 e. The lowest BCUT2D eigenvalue weighted by Gasteiger charge is -2.13. The Hall–Kier alpha value is -3.48. The summed E-state index contributed by atoms with van der Waals surface area (Å²) in [6.45, 7) is 1.19. The zero-order valence-electron chi connectivity index (χ0n) is 14.9. The van der Waals surface area contributed by atoms with E-state index < -0.39 is 0 Å². The van der Waals surface area contributed by atoms with E-state index in [2.05, 4.69) is 25.6 Å². The van der Waals surface area contributed by atoms with E-state index in [0.717, 1.165) is 40.4 Å². The molecule has 0 spiro atoms. The van der Waals surface area contributed by atoms with Crippen molar-refractivity contribution in [2.75, 3.05) is 19.0 Å². The molecule has 0 bridgehead atoms. The Kier molecular flexibility index (Phi) is 4.65. The Morgan fingerprint density at radius 3 is 3.00 bits per heavy atom. The monoisotopic (exact) mass is 361 g/mol. The van der Waals surface area contributed by atoms with Gasteiger partial charge in [0.15, 0.2) is 0 Å². The van der Waals surface area contributed by atoms with Gasteiger partial charge in [0.25, 0.3) is 5.91 Å². The predicted octanol–water partition coefficient (Wildman–Crippen LogP) is 2.45. The van der Waals surface area contributed by atoms with Crippen LogP contribution in [0.1, 0.15) is 21.5 Å². The highest BCUT2D eigenvalue weighted by molar-refractivity contribution is 5.94. The first-order chi connectivity index (χ1) is 13.3. The molecule has 4 rings (SSSR count). The molecular formula is C20H19N5O2. The second kappa shape index (κ2) is 7.41. The summed E-state index contributed by atoms with van der Waals surface area (Å²) in [5.74, 6) is 1.52. The summed E-state index contributed by atoms with van der Waals surface area (Å²) in [5, 5.41) is 6.01. The maximum absolute atomic E-state index is 11.8. The van der Waals surface area contributed by atoms with Crippen molar-refractivity contribution in [3.63, 3.8) is 0 Å². The molecule has 136 valence electrons. The third-order valence-corrected chi connectivity index (χ3v) is 4.46. The van der Waals surface area contributed by atoms with E-state index >= 15 is 0 Å². The molecule has 0 radical (unpaired) electrons. The minimum absolute atomic E-state index is 0.0986. The number of hydrogen-bond acceptors (Lipinski definition) is 6. The van der Waals surface area contributed by atoms with Crippen LogP contribution < -0.4 is 15.4 Å². The van der Waals surface area contributed by atoms with Crippen LogP contribution >= 0.6 is 0 Å². The lowest BCUT2D eigenvalue weighted by Crippen LogP contribution is -2.18. The number of hydrogen-bond donors (Lipinski definition) is 2. The van der Waals surface area contributed by atoms with Gasteiger partial charge in [-0.25, -0.2) is 15.0 Å². The summed E-state index contributed by atoms with van der Waals surface area (Å²) in [7, 11) is 1.62. The molecule has 0 saturated heterocycles. The van der Waals surface area contributed by atoms with Crippen molar-refractivity contribution in [2.45, 2.75) is 13.0 Å². The molecule has 2 aromatic heterocycles. The lowest BCUT2D eigenvalue weighted by molar-refractivity contribution is 0.0963. The van der Waals surface area contributed by atoms with E-state index in [4.69, 9.17) is 4.74 Å². The maximum atomic E-state index is 11.8. The Labute approximate surface area is 156 Å². The van der Waals surface area contributed by atoms with E-state index in [0.29, 0.717) is 18.7 Å². The van der Waals surface area contributed by atoms with Gasteiger partial charge in [-0.3, -0.25) is 4.79 Å². The number of carbonyl (C=O) groups excluding carboxylic acids is 1. The third-order valence-electron chi connectivity index (χ3n) is 4.46. The molecule has 7 nitrogen and oxygen atoms in total. The number of aromatic nitrogens is 3. The van der Waals surface area contributed by atoms with Gasteiger partial charge in [-0.05, 0) is 23.8 Å². The number of ether oxygens (including phenoxy) is 1. The first-order valence-corrected chi connectivity index (χ1v) is 8.72. The highest BCUT2D eigenvalue weighted by Crippen LogP contribution is 2.38. The standard InChI is InChI=1S/C20H19N5O2/c1-21-20(26)14-4-2-3-13(9-14)10-23-19-15-6-8-27-18(15)16(11-24-19)17-5-7-22-12-25-17/h2-5,7,9,11-12H,6,8,10H2,1H3,(H,21,26)(H,23,24). The molecule has 3 aromatic rings. The minimum atomic E-state index is -0.0986. The van der Waals surface area contributed by atoms with Crippen molar-refractivity contribution in [1.29, 1.82) is 0 Å². The summed E-state index contributed by atoms with van der Waals surface area (Å²) in [5.41, 5.74) is 4.36. The summed E-state index contributed by atoms with van der Waals surface area (Å²) in [4.78, 5) is 24.6. The first kappa shape index (κ1) is 17.0. The van der Waals surface area contributed by atoms with Crippen LogP contribution in [0, 0.1) is 0 Å². The van der Waals surface area contributed by atoms with Gasteiger partial charge in [-0.15, -0.1) is 0 Å². The zero-order chi connectivity index (χ0) is 18.6. The van der Waals surface area contributed by atoms with Crippen molar-refractivity contribution >= 4 is 11.7 Å². The van der Waals surface area contributed by atoms with Gasteiger partial charge in [0, 0.05) is 43.5 Å². The van der Waals surface area contributed by atoms with Crippen molar-refractivity contribution in [1.82, 2.24) is 20.3 Å². The molecule has 0 saturated carbocycles. The first-order valence-electron chi connectivity index (χ1n) is 8.72.